The van der Waals surface area contributed by atoms with Gasteiger partial charge in [-0.25, -0.2) is 4.68 Å². The smallest absolute Gasteiger partial charge is 0.255 e. The zero-order chi connectivity index (χ0) is 18.6. The van der Waals surface area contributed by atoms with Crippen molar-refractivity contribution in [3.63, 3.8) is 0 Å². The lowest BCUT2D eigenvalue weighted by atomic mass is 10.0. The minimum Gasteiger partial charge on any atom is -0.349 e. The Morgan fingerprint density at radius 1 is 1.11 bits per heavy atom. The third-order valence-electron chi connectivity index (χ3n) is 4.97. The van der Waals surface area contributed by atoms with Crippen LogP contribution in [-0.4, -0.2) is 51.8 Å². The van der Waals surface area contributed by atoms with Gasteiger partial charge in [-0.1, -0.05) is 18.2 Å². The minimum absolute atomic E-state index is 0.0782. The molecule has 1 aliphatic heterocycles. The topological polar surface area (TPSA) is 63.1 Å². The number of hydrogen-bond donors (Lipinski definition) is 1. The summed E-state index contributed by atoms with van der Waals surface area (Å²) >= 11 is 0. The number of pyridine rings is 1. The molecule has 1 fully saturated rings. The van der Waals surface area contributed by atoms with Gasteiger partial charge in [0.15, 0.2) is 0 Å². The van der Waals surface area contributed by atoms with Crippen LogP contribution >= 0.6 is 0 Å². The summed E-state index contributed by atoms with van der Waals surface area (Å²) < 4.78 is 1.76. The predicted octanol–water partition coefficient (Wildman–Crippen LogP) is 2.76. The Morgan fingerprint density at radius 2 is 1.89 bits per heavy atom. The monoisotopic (exact) mass is 361 g/mol. The number of carbonyl (C=O) groups is 1. The Kier molecular flexibility index (Phi) is 4.98. The molecule has 1 saturated heterocycles. The fourth-order valence-corrected chi connectivity index (χ4v) is 3.39. The summed E-state index contributed by atoms with van der Waals surface area (Å²) in [6.45, 7) is 2.01. The minimum atomic E-state index is -0.0782. The van der Waals surface area contributed by atoms with E-state index >= 15 is 0 Å². The molecule has 2 aromatic heterocycles. The van der Waals surface area contributed by atoms with Crippen LogP contribution in [0.25, 0.3) is 16.9 Å². The summed E-state index contributed by atoms with van der Waals surface area (Å²) in [6, 6.07) is 13.8. The molecule has 138 valence electrons. The maximum absolute atomic E-state index is 13.0. The summed E-state index contributed by atoms with van der Waals surface area (Å²) in [5, 5.41) is 7.88. The lowest BCUT2D eigenvalue weighted by molar-refractivity contribution is 0.0917. The van der Waals surface area contributed by atoms with Gasteiger partial charge in [-0.2, -0.15) is 5.10 Å². The molecular weight excluding hydrogens is 338 g/mol. The van der Waals surface area contributed by atoms with Gasteiger partial charge in [-0.15, -0.1) is 0 Å². The summed E-state index contributed by atoms with van der Waals surface area (Å²) in [5.41, 5.74) is 2.98. The third kappa shape index (κ3) is 3.90. The molecule has 0 spiro atoms. The summed E-state index contributed by atoms with van der Waals surface area (Å²) in [7, 11) is 2.11. The number of nitrogens with one attached hydrogen (secondary N) is 1. The van der Waals surface area contributed by atoms with Gasteiger partial charge < -0.3 is 10.2 Å². The van der Waals surface area contributed by atoms with Gasteiger partial charge in [0.1, 0.15) is 5.69 Å². The normalized spacial score (nSPS) is 15.6. The second-order valence-corrected chi connectivity index (χ2v) is 6.96. The number of hydrogen-bond acceptors (Lipinski definition) is 4. The molecule has 6 nitrogen and oxygen atoms in total. The van der Waals surface area contributed by atoms with Gasteiger partial charge >= 0.3 is 0 Å². The van der Waals surface area contributed by atoms with E-state index in [1.807, 2.05) is 48.7 Å². The molecule has 3 aromatic rings. The van der Waals surface area contributed by atoms with Crippen molar-refractivity contribution in [1.29, 1.82) is 0 Å². The SMILES string of the molecule is CN1CCC(NC(=O)c2cn(-c3ccccc3)nc2-c2cccnc2)CC1. The van der Waals surface area contributed by atoms with Crippen molar-refractivity contribution in [2.75, 3.05) is 20.1 Å². The highest BCUT2D eigenvalue weighted by molar-refractivity contribution is 6.00. The molecule has 6 heteroatoms. The van der Waals surface area contributed by atoms with Crippen molar-refractivity contribution in [2.24, 2.45) is 0 Å². The Labute approximate surface area is 158 Å². The van der Waals surface area contributed by atoms with E-state index in [1.54, 1.807) is 17.1 Å². The van der Waals surface area contributed by atoms with Gasteiger partial charge in [0.2, 0.25) is 0 Å². The molecule has 27 heavy (non-hydrogen) atoms. The lowest BCUT2D eigenvalue weighted by Crippen LogP contribution is -2.43. The van der Waals surface area contributed by atoms with E-state index < -0.39 is 0 Å². The average Bonchev–Trinajstić information content (AvgIpc) is 3.17. The highest BCUT2D eigenvalue weighted by Gasteiger charge is 2.23. The number of benzene rings is 1. The summed E-state index contributed by atoms with van der Waals surface area (Å²) in [5.74, 6) is -0.0782. The van der Waals surface area contributed by atoms with Crippen molar-refractivity contribution >= 4 is 5.91 Å². The van der Waals surface area contributed by atoms with E-state index in [0.717, 1.165) is 37.2 Å². The molecule has 0 aliphatic carbocycles. The van der Waals surface area contributed by atoms with Crippen molar-refractivity contribution in [1.82, 2.24) is 25.0 Å². The van der Waals surface area contributed by atoms with Crippen LogP contribution in [0.3, 0.4) is 0 Å². The van der Waals surface area contributed by atoms with Gasteiger partial charge in [-0.3, -0.25) is 9.78 Å². The predicted molar refractivity (Wildman–Crippen MR) is 105 cm³/mol. The number of para-hydroxylation sites is 1. The van der Waals surface area contributed by atoms with Crippen LogP contribution in [-0.2, 0) is 0 Å². The lowest BCUT2D eigenvalue weighted by Gasteiger charge is -2.29. The molecule has 3 heterocycles. The summed E-state index contributed by atoms with van der Waals surface area (Å²) in [6.07, 6.45) is 7.20. The van der Waals surface area contributed by atoms with E-state index in [9.17, 15) is 4.79 Å². The molecular formula is C21H23N5O. The van der Waals surface area contributed by atoms with Crippen LogP contribution < -0.4 is 5.32 Å². The molecule has 4 rings (SSSR count). The number of likely N-dealkylation sites (tertiary alicyclic amines) is 1. The first-order valence-electron chi connectivity index (χ1n) is 9.25. The van der Waals surface area contributed by atoms with Gasteiger partial charge in [0.05, 0.1) is 11.3 Å². The number of piperidine rings is 1. The number of nitrogens with zero attached hydrogens (tertiary/aromatic N) is 4. The largest absolute Gasteiger partial charge is 0.349 e. The number of rotatable bonds is 4. The quantitative estimate of drug-likeness (QED) is 0.776. The molecule has 1 N–H and O–H groups in total. The van der Waals surface area contributed by atoms with Crippen LogP contribution in [0.5, 0.6) is 0 Å². The number of carbonyl (C=O) groups excluding carboxylic acids is 1. The van der Waals surface area contributed by atoms with Gasteiger partial charge in [-0.05, 0) is 57.2 Å². The van der Waals surface area contributed by atoms with Crippen LogP contribution in [0.1, 0.15) is 23.2 Å². The standard InChI is InChI=1S/C21H23N5O/c1-25-12-9-17(10-13-25)23-21(27)19-15-26(18-7-3-2-4-8-18)24-20(19)16-6-5-11-22-14-16/h2-8,11,14-15,17H,9-10,12-13H2,1H3,(H,23,27). The van der Waals surface area contributed by atoms with Crippen LogP contribution in [0.15, 0.2) is 61.1 Å². The fourth-order valence-electron chi connectivity index (χ4n) is 3.39. The van der Waals surface area contributed by atoms with E-state index in [0.29, 0.717) is 11.3 Å². The Balaban J connectivity index is 1.65. The zero-order valence-electron chi connectivity index (χ0n) is 15.4. The Hall–Kier alpha value is -2.99. The molecule has 0 radical (unpaired) electrons. The van der Waals surface area contributed by atoms with Crippen molar-refractivity contribution in [3.05, 3.63) is 66.6 Å². The van der Waals surface area contributed by atoms with Crippen LogP contribution in [0, 0.1) is 0 Å². The van der Waals surface area contributed by atoms with Crippen molar-refractivity contribution < 1.29 is 4.79 Å². The molecule has 0 saturated carbocycles. The first kappa shape index (κ1) is 17.4. The molecule has 0 unspecified atom stereocenters. The fraction of sp³-hybridized carbons (Fsp3) is 0.286. The first-order chi connectivity index (χ1) is 13.2. The zero-order valence-corrected chi connectivity index (χ0v) is 15.4. The van der Waals surface area contributed by atoms with Crippen molar-refractivity contribution in [3.8, 4) is 16.9 Å². The second kappa shape index (κ2) is 7.72. The Bertz CT molecular complexity index is 899. The van der Waals surface area contributed by atoms with Gasteiger partial charge in [0, 0.05) is 30.2 Å². The van der Waals surface area contributed by atoms with Gasteiger partial charge in [0.25, 0.3) is 5.91 Å². The second-order valence-electron chi connectivity index (χ2n) is 6.96. The van der Waals surface area contributed by atoms with E-state index in [2.05, 4.69) is 27.3 Å². The first-order valence-corrected chi connectivity index (χ1v) is 9.25. The van der Waals surface area contributed by atoms with Crippen LogP contribution in [0.2, 0.25) is 0 Å². The van der Waals surface area contributed by atoms with E-state index in [-0.39, 0.29) is 11.9 Å². The molecule has 1 amide bonds. The highest BCUT2D eigenvalue weighted by Crippen LogP contribution is 2.23. The number of aromatic nitrogens is 3. The maximum Gasteiger partial charge on any atom is 0.255 e. The van der Waals surface area contributed by atoms with Crippen LogP contribution in [0.4, 0.5) is 0 Å². The highest BCUT2D eigenvalue weighted by atomic mass is 16.1. The Morgan fingerprint density at radius 3 is 2.59 bits per heavy atom. The molecule has 1 aromatic carbocycles. The third-order valence-corrected chi connectivity index (χ3v) is 4.97. The molecule has 0 bridgehead atoms. The van der Waals surface area contributed by atoms with Crippen molar-refractivity contribution in [2.45, 2.75) is 18.9 Å². The molecule has 1 aliphatic rings. The maximum atomic E-state index is 13.0. The average molecular weight is 361 g/mol. The summed E-state index contributed by atoms with van der Waals surface area (Å²) in [4.78, 5) is 19.5. The molecule has 0 atom stereocenters. The number of amides is 1. The van der Waals surface area contributed by atoms with E-state index in [4.69, 9.17) is 0 Å². The van der Waals surface area contributed by atoms with E-state index in [1.165, 1.54) is 0 Å².